The Morgan fingerprint density at radius 1 is 1.27 bits per heavy atom. The molecule has 6 nitrogen and oxygen atoms in total. The van der Waals surface area contributed by atoms with Crippen LogP contribution in [0.3, 0.4) is 0 Å². The van der Waals surface area contributed by atoms with E-state index >= 15 is 0 Å². The summed E-state index contributed by atoms with van der Waals surface area (Å²) in [5.74, 6) is 0.330. The van der Waals surface area contributed by atoms with E-state index in [1.807, 2.05) is 24.3 Å². The predicted molar refractivity (Wildman–Crippen MR) is 81.0 cm³/mol. The summed E-state index contributed by atoms with van der Waals surface area (Å²) in [6.45, 7) is 0.546. The molecule has 0 atom stereocenters. The molecule has 0 unspecified atom stereocenters. The Balaban J connectivity index is 1.64. The minimum atomic E-state index is -1.08. The van der Waals surface area contributed by atoms with Gasteiger partial charge in [0.25, 0.3) is 0 Å². The largest absolute Gasteiger partial charge is 0.490 e. The van der Waals surface area contributed by atoms with E-state index in [1.54, 1.807) is 0 Å². The summed E-state index contributed by atoms with van der Waals surface area (Å²) in [6.07, 6.45) is 6.45. The van der Waals surface area contributed by atoms with Gasteiger partial charge in [-0.3, -0.25) is 0 Å². The van der Waals surface area contributed by atoms with Crippen molar-refractivity contribution < 1.29 is 14.6 Å². The average Bonchev–Trinajstić information content (AvgIpc) is 2.50. The quantitative estimate of drug-likeness (QED) is 0.853. The van der Waals surface area contributed by atoms with Crippen molar-refractivity contribution in [3.8, 4) is 5.75 Å². The molecule has 6 heteroatoms. The van der Waals surface area contributed by atoms with Crippen molar-refractivity contribution in [2.24, 2.45) is 0 Å². The summed E-state index contributed by atoms with van der Waals surface area (Å²) in [6, 6.07) is 7.89. The monoisotopic (exact) mass is 299 g/mol. The van der Waals surface area contributed by atoms with Crippen LogP contribution in [0.4, 0.5) is 5.82 Å². The number of aromatic nitrogens is 2. The highest BCUT2D eigenvalue weighted by molar-refractivity contribution is 5.84. The number of benzene rings is 1. The molecule has 1 aromatic carbocycles. The lowest BCUT2D eigenvalue weighted by molar-refractivity contribution is 0.0690. The number of aromatic carboxylic acids is 1. The zero-order valence-electron chi connectivity index (χ0n) is 12.0. The molecule has 1 aliphatic carbocycles. The first-order valence-electron chi connectivity index (χ1n) is 7.26. The Kier molecular flexibility index (Phi) is 4.18. The second-order valence-corrected chi connectivity index (χ2v) is 5.22. The lowest BCUT2D eigenvalue weighted by atomic mass is 9.96. The van der Waals surface area contributed by atoms with Crippen LogP contribution >= 0.6 is 0 Å². The third-order valence-corrected chi connectivity index (χ3v) is 3.65. The molecule has 1 aliphatic rings. The predicted octanol–water partition coefficient (Wildman–Crippen LogP) is 2.72. The normalized spacial score (nSPS) is 14.2. The number of carbonyl (C=O) groups is 1. The topological polar surface area (TPSA) is 84.3 Å². The summed E-state index contributed by atoms with van der Waals surface area (Å²) in [5, 5.41) is 11.9. The molecule has 1 fully saturated rings. The fourth-order valence-electron chi connectivity index (χ4n) is 2.15. The second kappa shape index (κ2) is 6.43. The van der Waals surface area contributed by atoms with Crippen LogP contribution in [0.2, 0.25) is 0 Å². The van der Waals surface area contributed by atoms with Gasteiger partial charge in [0.2, 0.25) is 0 Å². The zero-order valence-corrected chi connectivity index (χ0v) is 12.0. The number of nitrogens with one attached hydrogen (secondary N) is 1. The van der Waals surface area contributed by atoms with Gasteiger partial charge < -0.3 is 15.2 Å². The number of hydrogen-bond donors (Lipinski definition) is 2. The zero-order chi connectivity index (χ0) is 15.4. The maximum atomic E-state index is 10.7. The molecule has 0 saturated heterocycles. The van der Waals surface area contributed by atoms with Gasteiger partial charge in [-0.25, -0.2) is 14.8 Å². The number of anilines is 1. The Bertz CT molecular complexity index is 654. The van der Waals surface area contributed by atoms with Crippen molar-refractivity contribution >= 4 is 11.8 Å². The van der Waals surface area contributed by atoms with Crippen molar-refractivity contribution in [3.05, 3.63) is 47.9 Å². The smallest absolute Gasteiger partial charge is 0.356 e. The fraction of sp³-hybridized carbons (Fsp3) is 0.312. The van der Waals surface area contributed by atoms with Crippen molar-refractivity contribution in [3.63, 3.8) is 0 Å². The number of hydrogen-bond acceptors (Lipinski definition) is 5. The van der Waals surface area contributed by atoms with E-state index in [0.717, 1.165) is 24.2 Å². The van der Waals surface area contributed by atoms with Crippen LogP contribution < -0.4 is 10.1 Å². The molecule has 1 saturated carbocycles. The third-order valence-electron chi connectivity index (χ3n) is 3.65. The van der Waals surface area contributed by atoms with Crippen LogP contribution in [0.5, 0.6) is 5.75 Å². The van der Waals surface area contributed by atoms with Gasteiger partial charge in [0.05, 0.1) is 18.5 Å². The van der Waals surface area contributed by atoms with Crippen molar-refractivity contribution in [2.75, 3.05) is 5.32 Å². The highest BCUT2D eigenvalue weighted by Crippen LogP contribution is 2.27. The van der Waals surface area contributed by atoms with Crippen LogP contribution in [0.25, 0.3) is 0 Å². The van der Waals surface area contributed by atoms with Crippen LogP contribution in [-0.2, 0) is 6.54 Å². The number of carboxylic acids is 1. The van der Waals surface area contributed by atoms with Gasteiger partial charge in [0.15, 0.2) is 5.69 Å². The first kappa shape index (κ1) is 14.3. The lowest BCUT2D eigenvalue weighted by Gasteiger charge is -2.27. The van der Waals surface area contributed by atoms with E-state index in [0.29, 0.717) is 18.5 Å². The van der Waals surface area contributed by atoms with E-state index in [-0.39, 0.29) is 5.69 Å². The molecule has 1 aromatic heterocycles. The van der Waals surface area contributed by atoms with Gasteiger partial charge in [-0.15, -0.1) is 0 Å². The van der Waals surface area contributed by atoms with Gasteiger partial charge >= 0.3 is 5.97 Å². The molecule has 0 aliphatic heterocycles. The molecule has 2 aromatic rings. The van der Waals surface area contributed by atoms with Gasteiger partial charge in [-0.05, 0) is 25.3 Å². The molecule has 2 N–H and O–H groups in total. The Morgan fingerprint density at radius 2 is 2.09 bits per heavy atom. The summed E-state index contributed by atoms with van der Waals surface area (Å²) < 4.78 is 5.97. The first-order valence-corrected chi connectivity index (χ1v) is 7.26. The van der Waals surface area contributed by atoms with Gasteiger partial charge in [0, 0.05) is 12.1 Å². The summed E-state index contributed by atoms with van der Waals surface area (Å²) in [5.41, 5.74) is 0.970. The van der Waals surface area contributed by atoms with Crippen molar-refractivity contribution in [2.45, 2.75) is 31.9 Å². The molecule has 114 valence electrons. The maximum Gasteiger partial charge on any atom is 0.356 e. The molecule has 22 heavy (non-hydrogen) atoms. The van der Waals surface area contributed by atoms with E-state index in [9.17, 15) is 4.79 Å². The molecule has 0 bridgehead atoms. The Labute approximate surface area is 128 Å². The van der Waals surface area contributed by atoms with E-state index in [2.05, 4.69) is 15.3 Å². The number of nitrogens with zero attached hydrogens (tertiary/aromatic N) is 2. The minimum absolute atomic E-state index is 0.0701. The van der Waals surface area contributed by atoms with Crippen molar-refractivity contribution in [1.82, 2.24) is 9.97 Å². The number of carboxylic acid groups (broad SMARTS) is 1. The standard InChI is InChI=1S/C16H17N3O3/c20-16(21)13-9-19-15(10-17-13)18-8-11-4-1-2-7-14(11)22-12-5-3-6-12/h1-2,4,7,9-10,12H,3,5-6,8H2,(H,18,19)(H,20,21). The lowest BCUT2D eigenvalue weighted by Crippen LogP contribution is -2.25. The van der Waals surface area contributed by atoms with Crippen LogP contribution in [-0.4, -0.2) is 27.1 Å². The maximum absolute atomic E-state index is 10.7. The summed E-state index contributed by atoms with van der Waals surface area (Å²) in [7, 11) is 0. The van der Waals surface area contributed by atoms with Crippen LogP contribution in [0.1, 0.15) is 35.3 Å². The Morgan fingerprint density at radius 3 is 2.73 bits per heavy atom. The summed E-state index contributed by atoms with van der Waals surface area (Å²) >= 11 is 0. The SMILES string of the molecule is O=C(O)c1cnc(NCc2ccccc2OC2CCC2)cn1. The summed E-state index contributed by atoms with van der Waals surface area (Å²) in [4.78, 5) is 18.6. The molecule has 0 amide bonds. The molecule has 1 heterocycles. The van der Waals surface area contributed by atoms with Gasteiger partial charge in [-0.2, -0.15) is 0 Å². The number of ether oxygens (including phenoxy) is 1. The van der Waals surface area contributed by atoms with E-state index in [1.165, 1.54) is 18.8 Å². The highest BCUT2D eigenvalue weighted by Gasteiger charge is 2.20. The van der Waals surface area contributed by atoms with E-state index < -0.39 is 5.97 Å². The third kappa shape index (κ3) is 3.33. The first-order chi connectivity index (χ1) is 10.7. The van der Waals surface area contributed by atoms with E-state index in [4.69, 9.17) is 9.84 Å². The molecular formula is C16H17N3O3. The fourth-order valence-corrected chi connectivity index (χ4v) is 2.15. The minimum Gasteiger partial charge on any atom is -0.490 e. The number of para-hydroxylation sites is 1. The van der Waals surface area contributed by atoms with Gasteiger partial charge in [-0.1, -0.05) is 18.2 Å². The van der Waals surface area contributed by atoms with Crippen LogP contribution in [0, 0.1) is 0 Å². The van der Waals surface area contributed by atoms with Crippen LogP contribution in [0.15, 0.2) is 36.7 Å². The van der Waals surface area contributed by atoms with Gasteiger partial charge in [0.1, 0.15) is 11.6 Å². The second-order valence-electron chi connectivity index (χ2n) is 5.22. The number of rotatable bonds is 6. The molecule has 3 rings (SSSR count). The Hall–Kier alpha value is -2.63. The highest BCUT2D eigenvalue weighted by atomic mass is 16.5. The average molecular weight is 299 g/mol. The molecule has 0 spiro atoms. The molecular weight excluding hydrogens is 282 g/mol. The molecule has 0 radical (unpaired) electrons. The van der Waals surface area contributed by atoms with Crippen molar-refractivity contribution in [1.29, 1.82) is 0 Å².